The molecule has 1 saturated carbocycles. The van der Waals surface area contributed by atoms with Crippen LogP contribution in [0.1, 0.15) is 33.1 Å². The molecule has 0 aromatic carbocycles. The Morgan fingerprint density at radius 2 is 2.08 bits per heavy atom. The van der Waals surface area contributed by atoms with Gasteiger partial charge < -0.3 is 10.4 Å². The lowest BCUT2D eigenvalue weighted by Gasteiger charge is -2.22. The number of hydrogen-bond acceptors (Lipinski definition) is 2. The summed E-state index contributed by atoms with van der Waals surface area (Å²) < 4.78 is 0. The van der Waals surface area contributed by atoms with Gasteiger partial charge in [-0.2, -0.15) is 0 Å². The molecule has 0 bridgehead atoms. The zero-order valence-electron chi connectivity index (χ0n) is 7.96. The van der Waals surface area contributed by atoms with Gasteiger partial charge in [-0.25, -0.2) is 0 Å². The SMILES string of the molecule is CC(=O)NC(CC(=O)O)C1(C)CC1. The van der Waals surface area contributed by atoms with Crippen molar-refractivity contribution in [2.24, 2.45) is 5.41 Å². The smallest absolute Gasteiger partial charge is 0.305 e. The maximum absolute atomic E-state index is 10.8. The van der Waals surface area contributed by atoms with Gasteiger partial charge in [0.25, 0.3) is 0 Å². The van der Waals surface area contributed by atoms with Crippen LogP contribution in [0.4, 0.5) is 0 Å². The van der Waals surface area contributed by atoms with Crippen molar-refractivity contribution in [1.82, 2.24) is 5.32 Å². The lowest BCUT2D eigenvalue weighted by molar-refractivity contribution is -0.138. The lowest BCUT2D eigenvalue weighted by atomic mass is 9.96. The van der Waals surface area contributed by atoms with Crippen LogP contribution in [0.5, 0.6) is 0 Å². The molecule has 1 aliphatic rings. The maximum atomic E-state index is 10.8. The largest absolute Gasteiger partial charge is 0.481 e. The summed E-state index contributed by atoms with van der Waals surface area (Å²) in [7, 11) is 0. The van der Waals surface area contributed by atoms with Crippen molar-refractivity contribution in [1.29, 1.82) is 0 Å². The van der Waals surface area contributed by atoms with Crippen molar-refractivity contribution in [3.05, 3.63) is 0 Å². The molecule has 74 valence electrons. The third kappa shape index (κ3) is 2.72. The number of rotatable bonds is 4. The Morgan fingerprint density at radius 3 is 2.38 bits per heavy atom. The predicted molar refractivity (Wildman–Crippen MR) is 47.2 cm³/mol. The summed E-state index contributed by atoms with van der Waals surface area (Å²) in [6, 6.07) is -0.206. The molecule has 1 aliphatic carbocycles. The Hall–Kier alpha value is -1.06. The second-order valence-electron chi connectivity index (χ2n) is 4.01. The summed E-state index contributed by atoms with van der Waals surface area (Å²) >= 11 is 0. The number of carbonyl (C=O) groups is 2. The van der Waals surface area contributed by atoms with Crippen molar-refractivity contribution in [3.8, 4) is 0 Å². The van der Waals surface area contributed by atoms with Crippen LogP contribution in [-0.4, -0.2) is 23.0 Å². The number of hydrogen-bond donors (Lipinski definition) is 2. The van der Waals surface area contributed by atoms with Crippen molar-refractivity contribution in [3.63, 3.8) is 0 Å². The monoisotopic (exact) mass is 185 g/mol. The number of nitrogens with one attached hydrogen (secondary N) is 1. The van der Waals surface area contributed by atoms with Crippen LogP contribution in [0, 0.1) is 5.41 Å². The Bertz CT molecular complexity index is 217. The van der Waals surface area contributed by atoms with Gasteiger partial charge in [-0.1, -0.05) is 6.92 Å². The van der Waals surface area contributed by atoms with Crippen LogP contribution < -0.4 is 5.32 Å². The summed E-state index contributed by atoms with van der Waals surface area (Å²) in [4.78, 5) is 21.3. The first kappa shape index (κ1) is 10.0. The molecule has 1 atom stereocenters. The molecule has 0 radical (unpaired) electrons. The number of aliphatic carboxylic acids is 1. The number of carbonyl (C=O) groups excluding carboxylic acids is 1. The first-order chi connectivity index (χ1) is 5.94. The Balaban J connectivity index is 2.54. The molecule has 0 aliphatic heterocycles. The quantitative estimate of drug-likeness (QED) is 0.679. The van der Waals surface area contributed by atoms with E-state index in [1.54, 1.807) is 0 Å². The van der Waals surface area contributed by atoms with Crippen LogP contribution in [0.2, 0.25) is 0 Å². The van der Waals surface area contributed by atoms with Crippen LogP contribution in [-0.2, 0) is 9.59 Å². The minimum Gasteiger partial charge on any atom is -0.481 e. The van der Waals surface area contributed by atoms with Gasteiger partial charge >= 0.3 is 5.97 Å². The highest BCUT2D eigenvalue weighted by atomic mass is 16.4. The van der Waals surface area contributed by atoms with E-state index in [0.29, 0.717) is 0 Å². The average Bonchev–Trinajstić information content (AvgIpc) is 2.66. The third-order valence-corrected chi connectivity index (χ3v) is 2.64. The van der Waals surface area contributed by atoms with E-state index in [0.717, 1.165) is 12.8 Å². The highest BCUT2D eigenvalue weighted by Gasteiger charge is 2.45. The molecule has 1 fully saturated rings. The van der Waals surface area contributed by atoms with E-state index in [1.807, 2.05) is 6.92 Å². The lowest BCUT2D eigenvalue weighted by Crippen LogP contribution is -2.40. The van der Waals surface area contributed by atoms with Gasteiger partial charge in [0.05, 0.1) is 6.42 Å². The molecule has 0 heterocycles. The van der Waals surface area contributed by atoms with Crippen LogP contribution in [0.3, 0.4) is 0 Å². The molecule has 1 amide bonds. The van der Waals surface area contributed by atoms with E-state index in [4.69, 9.17) is 5.11 Å². The van der Waals surface area contributed by atoms with Crippen LogP contribution in [0.25, 0.3) is 0 Å². The molecular formula is C9H15NO3. The zero-order valence-corrected chi connectivity index (χ0v) is 7.96. The fraction of sp³-hybridized carbons (Fsp3) is 0.778. The fourth-order valence-electron chi connectivity index (χ4n) is 1.44. The van der Waals surface area contributed by atoms with Gasteiger partial charge in [0.1, 0.15) is 0 Å². The molecule has 4 nitrogen and oxygen atoms in total. The highest BCUT2D eigenvalue weighted by molar-refractivity contribution is 5.75. The number of carboxylic acids is 1. The topological polar surface area (TPSA) is 66.4 Å². The third-order valence-electron chi connectivity index (χ3n) is 2.64. The fourth-order valence-corrected chi connectivity index (χ4v) is 1.44. The van der Waals surface area contributed by atoms with E-state index >= 15 is 0 Å². The summed E-state index contributed by atoms with van der Waals surface area (Å²) in [6.07, 6.45) is 2.03. The average molecular weight is 185 g/mol. The zero-order chi connectivity index (χ0) is 10.1. The summed E-state index contributed by atoms with van der Waals surface area (Å²) in [5, 5.41) is 11.3. The van der Waals surface area contributed by atoms with Crippen LogP contribution in [0.15, 0.2) is 0 Å². The van der Waals surface area contributed by atoms with Gasteiger partial charge in [-0.05, 0) is 18.3 Å². The summed E-state index contributed by atoms with van der Waals surface area (Å²) in [5.41, 5.74) is 0.0179. The minimum absolute atomic E-state index is 0.0179. The maximum Gasteiger partial charge on any atom is 0.305 e. The van der Waals surface area contributed by atoms with E-state index in [-0.39, 0.29) is 23.8 Å². The molecule has 0 spiro atoms. The number of amides is 1. The van der Waals surface area contributed by atoms with E-state index in [2.05, 4.69) is 5.32 Å². The molecule has 2 N–H and O–H groups in total. The molecule has 1 rings (SSSR count). The Morgan fingerprint density at radius 1 is 1.54 bits per heavy atom. The minimum atomic E-state index is -0.855. The van der Waals surface area contributed by atoms with Gasteiger partial charge in [0, 0.05) is 13.0 Å². The van der Waals surface area contributed by atoms with Gasteiger partial charge in [0.2, 0.25) is 5.91 Å². The van der Waals surface area contributed by atoms with Gasteiger partial charge in [0.15, 0.2) is 0 Å². The first-order valence-electron chi connectivity index (χ1n) is 4.43. The molecule has 0 aromatic heterocycles. The molecule has 0 saturated heterocycles. The summed E-state index contributed by atoms with van der Waals surface area (Å²) in [5.74, 6) is -1.01. The first-order valence-corrected chi connectivity index (χ1v) is 4.43. The summed E-state index contributed by atoms with van der Waals surface area (Å²) in [6.45, 7) is 3.43. The van der Waals surface area contributed by atoms with E-state index < -0.39 is 5.97 Å². The van der Waals surface area contributed by atoms with Crippen molar-refractivity contribution in [2.75, 3.05) is 0 Å². The predicted octanol–water partition coefficient (Wildman–Crippen LogP) is 0.766. The van der Waals surface area contributed by atoms with Crippen molar-refractivity contribution >= 4 is 11.9 Å². The van der Waals surface area contributed by atoms with Crippen molar-refractivity contribution < 1.29 is 14.7 Å². The van der Waals surface area contributed by atoms with Gasteiger partial charge in [-0.3, -0.25) is 9.59 Å². The second kappa shape index (κ2) is 3.36. The molecule has 13 heavy (non-hydrogen) atoms. The standard InChI is InChI=1S/C9H15NO3/c1-6(11)10-7(5-8(12)13)9(2)3-4-9/h7H,3-5H2,1-2H3,(H,10,11)(H,12,13). The Labute approximate surface area is 77.3 Å². The van der Waals surface area contributed by atoms with Crippen LogP contribution >= 0.6 is 0 Å². The molecule has 4 heteroatoms. The molecule has 0 aromatic rings. The van der Waals surface area contributed by atoms with E-state index in [1.165, 1.54) is 6.92 Å². The number of carboxylic acid groups (broad SMARTS) is 1. The molecule has 1 unspecified atom stereocenters. The Kier molecular flexibility index (Phi) is 2.59. The second-order valence-corrected chi connectivity index (χ2v) is 4.01. The van der Waals surface area contributed by atoms with Crippen molar-refractivity contribution in [2.45, 2.75) is 39.2 Å². The van der Waals surface area contributed by atoms with Gasteiger partial charge in [-0.15, -0.1) is 0 Å². The molecular weight excluding hydrogens is 170 g/mol. The van der Waals surface area contributed by atoms with E-state index in [9.17, 15) is 9.59 Å². The highest BCUT2D eigenvalue weighted by Crippen LogP contribution is 2.49. The normalized spacial score (nSPS) is 20.5.